The molecule has 1 aromatic rings. The number of hydrogen-bond acceptors (Lipinski definition) is 2. The van der Waals surface area contributed by atoms with E-state index in [1.165, 1.54) is 44.5 Å². The van der Waals surface area contributed by atoms with Crippen LogP contribution in [0.3, 0.4) is 0 Å². The van der Waals surface area contributed by atoms with E-state index in [1.54, 1.807) is 0 Å². The number of nitrogens with zero attached hydrogens (tertiary/aromatic N) is 1. The molecule has 2 nitrogen and oxygen atoms in total. The SMILES string of the molecule is CC(NCCN1CCCCC1)c1ccc(F)cc1Br. The first-order valence-electron chi connectivity index (χ1n) is 7.07. The number of piperidine rings is 1. The molecule has 0 spiro atoms. The lowest BCUT2D eigenvalue weighted by Crippen LogP contribution is -2.36. The zero-order valence-electron chi connectivity index (χ0n) is 11.5. The second kappa shape index (κ2) is 7.36. The van der Waals surface area contributed by atoms with Crippen LogP contribution in [0.2, 0.25) is 0 Å². The first kappa shape index (κ1) is 14.9. The molecule has 1 saturated heterocycles. The van der Waals surface area contributed by atoms with Gasteiger partial charge in [0, 0.05) is 23.6 Å². The third-order valence-corrected chi connectivity index (χ3v) is 4.44. The Bertz CT molecular complexity index is 405. The molecule has 1 N–H and O–H groups in total. The first-order chi connectivity index (χ1) is 9.16. The zero-order chi connectivity index (χ0) is 13.7. The van der Waals surface area contributed by atoms with Crippen molar-refractivity contribution in [2.24, 2.45) is 0 Å². The molecule has 0 bridgehead atoms. The fourth-order valence-corrected chi connectivity index (χ4v) is 3.28. The third kappa shape index (κ3) is 4.55. The third-order valence-electron chi connectivity index (χ3n) is 3.76. The molecule has 4 heteroatoms. The van der Waals surface area contributed by atoms with Crippen molar-refractivity contribution < 1.29 is 4.39 Å². The van der Waals surface area contributed by atoms with Crippen molar-refractivity contribution in [2.75, 3.05) is 26.2 Å². The monoisotopic (exact) mass is 328 g/mol. The standard InChI is InChI=1S/C15H22BrFN2/c1-12(14-6-5-13(17)11-15(14)16)18-7-10-19-8-3-2-4-9-19/h5-6,11-12,18H,2-4,7-10H2,1H3. The van der Waals surface area contributed by atoms with E-state index in [0.29, 0.717) is 0 Å². The van der Waals surface area contributed by atoms with E-state index >= 15 is 0 Å². The van der Waals surface area contributed by atoms with Gasteiger partial charge in [-0.15, -0.1) is 0 Å². The lowest BCUT2D eigenvalue weighted by atomic mass is 10.1. The number of halogens is 2. The minimum atomic E-state index is -0.198. The van der Waals surface area contributed by atoms with Crippen molar-refractivity contribution in [3.05, 3.63) is 34.1 Å². The van der Waals surface area contributed by atoms with E-state index in [2.05, 4.69) is 33.1 Å². The number of nitrogens with one attached hydrogen (secondary N) is 1. The van der Waals surface area contributed by atoms with Crippen molar-refractivity contribution >= 4 is 15.9 Å². The highest BCUT2D eigenvalue weighted by Crippen LogP contribution is 2.24. The molecule has 0 saturated carbocycles. The summed E-state index contributed by atoms with van der Waals surface area (Å²) in [5.74, 6) is -0.198. The fraction of sp³-hybridized carbons (Fsp3) is 0.600. The van der Waals surface area contributed by atoms with Crippen LogP contribution >= 0.6 is 15.9 Å². The molecule has 19 heavy (non-hydrogen) atoms. The van der Waals surface area contributed by atoms with Crippen LogP contribution in [0.4, 0.5) is 4.39 Å². The van der Waals surface area contributed by atoms with Crippen molar-refractivity contribution in [3.8, 4) is 0 Å². The number of rotatable bonds is 5. The molecule has 1 heterocycles. The predicted molar refractivity (Wildman–Crippen MR) is 80.8 cm³/mol. The van der Waals surface area contributed by atoms with Crippen molar-refractivity contribution in [2.45, 2.75) is 32.2 Å². The average molecular weight is 329 g/mol. The summed E-state index contributed by atoms with van der Waals surface area (Å²) in [6.07, 6.45) is 4.04. The minimum Gasteiger partial charge on any atom is -0.309 e. The molecule has 1 fully saturated rings. The van der Waals surface area contributed by atoms with E-state index < -0.39 is 0 Å². The van der Waals surface area contributed by atoms with Crippen molar-refractivity contribution in [1.82, 2.24) is 10.2 Å². The maximum absolute atomic E-state index is 13.0. The fourth-order valence-electron chi connectivity index (χ4n) is 2.58. The Kier molecular flexibility index (Phi) is 5.79. The smallest absolute Gasteiger partial charge is 0.124 e. The highest BCUT2D eigenvalue weighted by molar-refractivity contribution is 9.10. The molecular formula is C15H22BrFN2. The lowest BCUT2D eigenvalue weighted by molar-refractivity contribution is 0.227. The Balaban J connectivity index is 1.78. The van der Waals surface area contributed by atoms with Gasteiger partial charge in [0.05, 0.1) is 0 Å². The maximum atomic E-state index is 13.0. The molecule has 1 unspecified atom stereocenters. The van der Waals surface area contributed by atoms with Gasteiger partial charge in [0.2, 0.25) is 0 Å². The Hall–Kier alpha value is -0.450. The lowest BCUT2D eigenvalue weighted by Gasteiger charge is -2.27. The van der Waals surface area contributed by atoms with Crippen LogP contribution < -0.4 is 5.32 Å². The molecule has 1 aliphatic heterocycles. The number of likely N-dealkylation sites (tertiary alicyclic amines) is 1. The van der Waals surface area contributed by atoms with Gasteiger partial charge < -0.3 is 10.2 Å². The number of hydrogen-bond donors (Lipinski definition) is 1. The van der Waals surface area contributed by atoms with Crippen LogP contribution in [-0.2, 0) is 0 Å². The second-order valence-electron chi connectivity index (χ2n) is 5.24. The topological polar surface area (TPSA) is 15.3 Å². The summed E-state index contributed by atoms with van der Waals surface area (Å²) in [6.45, 7) is 6.66. The molecule has 0 radical (unpaired) electrons. The summed E-state index contributed by atoms with van der Waals surface area (Å²) in [7, 11) is 0. The van der Waals surface area contributed by atoms with E-state index in [4.69, 9.17) is 0 Å². The van der Waals surface area contributed by atoms with Crippen LogP contribution in [0.25, 0.3) is 0 Å². The Labute approximate surface area is 123 Å². The molecule has 0 aromatic heterocycles. The van der Waals surface area contributed by atoms with Gasteiger partial charge in [-0.1, -0.05) is 28.4 Å². The van der Waals surface area contributed by atoms with E-state index in [-0.39, 0.29) is 11.9 Å². The summed E-state index contributed by atoms with van der Waals surface area (Å²) >= 11 is 3.43. The van der Waals surface area contributed by atoms with Crippen molar-refractivity contribution in [3.63, 3.8) is 0 Å². The Morgan fingerprint density at radius 2 is 2.05 bits per heavy atom. The second-order valence-corrected chi connectivity index (χ2v) is 6.10. The molecule has 2 rings (SSSR count). The maximum Gasteiger partial charge on any atom is 0.124 e. The van der Waals surface area contributed by atoms with Gasteiger partial charge in [-0.25, -0.2) is 4.39 Å². The summed E-state index contributed by atoms with van der Waals surface area (Å²) in [6, 6.07) is 5.12. The van der Waals surface area contributed by atoms with E-state index in [1.807, 2.05) is 6.07 Å². The highest BCUT2D eigenvalue weighted by atomic mass is 79.9. The van der Waals surface area contributed by atoms with E-state index in [9.17, 15) is 4.39 Å². The molecule has 1 aromatic carbocycles. The Morgan fingerprint density at radius 3 is 2.74 bits per heavy atom. The van der Waals surface area contributed by atoms with Crippen LogP contribution in [-0.4, -0.2) is 31.1 Å². The summed E-state index contributed by atoms with van der Waals surface area (Å²) in [5.41, 5.74) is 1.11. The van der Waals surface area contributed by atoms with Crippen LogP contribution in [0.1, 0.15) is 37.8 Å². The largest absolute Gasteiger partial charge is 0.309 e. The van der Waals surface area contributed by atoms with Crippen LogP contribution in [0.5, 0.6) is 0 Å². The van der Waals surface area contributed by atoms with E-state index in [0.717, 1.165) is 23.1 Å². The highest BCUT2D eigenvalue weighted by Gasteiger charge is 2.12. The molecule has 106 valence electrons. The van der Waals surface area contributed by atoms with Gasteiger partial charge in [0.1, 0.15) is 5.82 Å². The number of benzene rings is 1. The van der Waals surface area contributed by atoms with Crippen molar-refractivity contribution in [1.29, 1.82) is 0 Å². The first-order valence-corrected chi connectivity index (χ1v) is 7.87. The average Bonchev–Trinajstić information content (AvgIpc) is 2.39. The molecule has 1 aliphatic rings. The van der Waals surface area contributed by atoms with Crippen LogP contribution in [0, 0.1) is 5.82 Å². The van der Waals surface area contributed by atoms with Gasteiger partial charge in [-0.05, 0) is 50.6 Å². The molecular weight excluding hydrogens is 307 g/mol. The summed E-state index contributed by atoms with van der Waals surface area (Å²) in [5, 5.41) is 3.51. The normalized spacial score (nSPS) is 18.5. The predicted octanol–water partition coefficient (Wildman–Crippen LogP) is 3.72. The summed E-state index contributed by atoms with van der Waals surface area (Å²) < 4.78 is 13.9. The zero-order valence-corrected chi connectivity index (χ0v) is 13.0. The Morgan fingerprint density at radius 1 is 1.32 bits per heavy atom. The summed E-state index contributed by atoms with van der Waals surface area (Å²) in [4.78, 5) is 2.52. The van der Waals surface area contributed by atoms with Gasteiger partial charge >= 0.3 is 0 Å². The van der Waals surface area contributed by atoms with Gasteiger partial charge in [0.15, 0.2) is 0 Å². The molecule has 1 atom stereocenters. The van der Waals surface area contributed by atoms with Gasteiger partial charge in [-0.2, -0.15) is 0 Å². The van der Waals surface area contributed by atoms with Gasteiger partial charge in [0.25, 0.3) is 0 Å². The quantitative estimate of drug-likeness (QED) is 0.886. The van der Waals surface area contributed by atoms with Gasteiger partial charge in [-0.3, -0.25) is 0 Å². The molecule has 0 aliphatic carbocycles. The molecule has 0 amide bonds. The minimum absolute atomic E-state index is 0.198. The van der Waals surface area contributed by atoms with Crippen LogP contribution in [0.15, 0.2) is 22.7 Å².